The highest BCUT2D eigenvalue weighted by Gasteiger charge is 2.33. The standard InChI is InChI=1S/C18H21N3O4S2/c1-2-25-14-5-3-13(4-6-14)11-15-17(23)21(18(26)27-15)12-16(22)19-20-7-9-24-10-8-20/h3-6,11H,2,7-10,12H2,1H3,(H,19,22)/b15-11-. The summed E-state index contributed by atoms with van der Waals surface area (Å²) in [7, 11) is 0. The lowest BCUT2D eigenvalue weighted by Gasteiger charge is -2.27. The van der Waals surface area contributed by atoms with Crippen LogP contribution >= 0.6 is 24.0 Å². The highest BCUT2D eigenvalue weighted by molar-refractivity contribution is 8.26. The van der Waals surface area contributed by atoms with Gasteiger partial charge in [-0.15, -0.1) is 0 Å². The Bertz CT molecular complexity index is 745. The van der Waals surface area contributed by atoms with E-state index in [1.54, 1.807) is 11.1 Å². The Balaban J connectivity index is 1.61. The number of carbonyl (C=O) groups is 2. The molecule has 2 saturated heterocycles. The van der Waals surface area contributed by atoms with Gasteiger partial charge >= 0.3 is 0 Å². The summed E-state index contributed by atoms with van der Waals surface area (Å²) < 4.78 is 11.0. The first-order valence-corrected chi connectivity index (χ1v) is 9.89. The van der Waals surface area contributed by atoms with Gasteiger partial charge in [0.1, 0.15) is 16.6 Å². The topological polar surface area (TPSA) is 71.1 Å². The fourth-order valence-electron chi connectivity index (χ4n) is 2.65. The van der Waals surface area contributed by atoms with Gasteiger partial charge in [-0.25, -0.2) is 5.01 Å². The van der Waals surface area contributed by atoms with Crippen molar-refractivity contribution < 1.29 is 19.1 Å². The van der Waals surface area contributed by atoms with Crippen molar-refractivity contribution in [3.63, 3.8) is 0 Å². The number of hydrogen-bond donors (Lipinski definition) is 1. The molecule has 0 atom stereocenters. The largest absolute Gasteiger partial charge is 0.494 e. The Morgan fingerprint density at radius 1 is 1.33 bits per heavy atom. The highest BCUT2D eigenvalue weighted by Crippen LogP contribution is 2.32. The van der Waals surface area contributed by atoms with Crippen LogP contribution in [0.3, 0.4) is 0 Å². The molecule has 2 heterocycles. The van der Waals surface area contributed by atoms with E-state index in [0.717, 1.165) is 11.3 Å². The molecule has 0 unspecified atom stereocenters. The molecule has 144 valence electrons. The van der Waals surface area contributed by atoms with E-state index in [9.17, 15) is 9.59 Å². The Morgan fingerprint density at radius 2 is 2.04 bits per heavy atom. The number of carbonyl (C=O) groups excluding carboxylic acids is 2. The molecule has 1 aromatic carbocycles. The van der Waals surface area contributed by atoms with Gasteiger partial charge < -0.3 is 9.47 Å². The van der Waals surface area contributed by atoms with Gasteiger partial charge in [0, 0.05) is 13.1 Å². The lowest BCUT2D eigenvalue weighted by molar-refractivity contribution is -0.132. The average Bonchev–Trinajstić information content (AvgIpc) is 2.92. The summed E-state index contributed by atoms with van der Waals surface area (Å²) in [5.74, 6) is 0.258. The average molecular weight is 408 g/mol. The SMILES string of the molecule is CCOc1ccc(/C=C2\SC(=S)N(CC(=O)NN3CCOCC3)C2=O)cc1. The maximum atomic E-state index is 12.6. The Kier molecular flexibility index (Phi) is 6.84. The number of nitrogens with zero attached hydrogens (tertiary/aromatic N) is 2. The van der Waals surface area contributed by atoms with Crippen LogP contribution in [0.15, 0.2) is 29.2 Å². The normalized spacial score (nSPS) is 19.6. The maximum Gasteiger partial charge on any atom is 0.266 e. The maximum absolute atomic E-state index is 12.6. The summed E-state index contributed by atoms with van der Waals surface area (Å²) in [6.45, 7) is 4.84. The van der Waals surface area contributed by atoms with E-state index in [2.05, 4.69) is 5.43 Å². The number of thiocarbonyl (C=S) groups is 1. The summed E-state index contributed by atoms with van der Waals surface area (Å²) in [5.41, 5.74) is 3.66. The quantitative estimate of drug-likeness (QED) is 0.568. The summed E-state index contributed by atoms with van der Waals surface area (Å²) >= 11 is 6.49. The molecule has 9 heteroatoms. The number of benzene rings is 1. The fraction of sp³-hybridized carbons (Fsp3) is 0.389. The Hall–Kier alpha value is -1.94. The van der Waals surface area contributed by atoms with Gasteiger partial charge in [-0.3, -0.25) is 19.9 Å². The molecule has 2 aliphatic heterocycles. The zero-order chi connectivity index (χ0) is 19.2. The van der Waals surface area contributed by atoms with Crippen molar-refractivity contribution in [1.82, 2.24) is 15.3 Å². The number of hydrazine groups is 1. The van der Waals surface area contributed by atoms with Crippen molar-refractivity contribution in [3.8, 4) is 5.75 Å². The van der Waals surface area contributed by atoms with E-state index in [1.165, 1.54) is 16.7 Å². The van der Waals surface area contributed by atoms with Crippen LogP contribution in [-0.4, -0.2) is 65.5 Å². The number of ether oxygens (including phenoxy) is 2. The van der Waals surface area contributed by atoms with Gasteiger partial charge in [-0.05, 0) is 30.7 Å². The second-order valence-electron chi connectivity index (χ2n) is 5.90. The smallest absolute Gasteiger partial charge is 0.266 e. The molecule has 0 aliphatic carbocycles. The van der Waals surface area contributed by atoms with E-state index in [-0.39, 0.29) is 18.4 Å². The van der Waals surface area contributed by atoms with Crippen LogP contribution in [-0.2, 0) is 14.3 Å². The van der Waals surface area contributed by atoms with Crippen LogP contribution in [0.1, 0.15) is 12.5 Å². The summed E-state index contributed by atoms with van der Waals surface area (Å²) in [5, 5.41) is 1.79. The predicted octanol–water partition coefficient (Wildman–Crippen LogP) is 1.65. The van der Waals surface area contributed by atoms with Gasteiger partial charge in [0.25, 0.3) is 11.8 Å². The third-order valence-corrected chi connectivity index (χ3v) is 5.34. The van der Waals surface area contributed by atoms with Crippen LogP contribution in [0.2, 0.25) is 0 Å². The minimum atomic E-state index is -0.268. The number of thioether (sulfide) groups is 1. The van der Waals surface area contributed by atoms with Crippen LogP contribution < -0.4 is 10.2 Å². The Labute approximate surface area is 167 Å². The van der Waals surface area contributed by atoms with E-state index in [4.69, 9.17) is 21.7 Å². The molecular weight excluding hydrogens is 386 g/mol. The first kappa shape index (κ1) is 19.8. The molecule has 0 radical (unpaired) electrons. The minimum absolute atomic E-state index is 0.0946. The zero-order valence-electron chi connectivity index (χ0n) is 15.0. The number of morpholine rings is 1. The van der Waals surface area contributed by atoms with Gasteiger partial charge in [0.05, 0.1) is 24.7 Å². The monoisotopic (exact) mass is 407 g/mol. The van der Waals surface area contributed by atoms with E-state index in [1.807, 2.05) is 31.2 Å². The van der Waals surface area contributed by atoms with Crippen LogP contribution in [0, 0.1) is 0 Å². The first-order chi connectivity index (χ1) is 13.1. The Morgan fingerprint density at radius 3 is 2.70 bits per heavy atom. The van der Waals surface area contributed by atoms with Gasteiger partial charge in [0.2, 0.25) is 0 Å². The molecule has 2 aliphatic rings. The van der Waals surface area contributed by atoms with E-state index >= 15 is 0 Å². The van der Waals surface area contributed by atoms with Gasteiger partial charge in [-0.2, -0.15) is 0 Å². The highest BCUT2D eigenvalue weighted by atomic mass is 32.2. The summed E-state index contributed by atoms with van der Waals surface area (Å²) in [4.78, 5) is 26.7. The van der Waals surface area contributed by atoms with E-state index < -0.39 is 0 Å². The summed E-state index contributed by atoms with van der Waals surface area (Å²) in [6, 6.07) is 7.46. The van der Waals surface area contributed by atoms with Gasteiger partial charge in [-0.1, -0.05) is 36.1 Å². The van der Waals surface area contributed by atoms with Crippen LogP contribution in [0.25, 0.3) is 6.08 Å². The molecule has 1 N–H and O–H groups in total. The lowest BCUT2D eigenvalue weighted by Crippen LogP contribution is -2.51. The number of amides is 2. The molecule has 0 saturated carbocycles. The second-order valence-corrected chi connectivity index (χ2v) is 7.58. The number of nitrogens with one attached hydrogen (secondary N) is 1. The first-order valence-electron chi connectivity index (χ1n) is 8.67. The molecular formula is C18H21N3O4S2. The molecule has 0 bridgehead atoms. The molecule has 3 rings (SSSR count). The molecule has 0 spiro atoms. The number of rotatable bonds is 6. The molecule has 0 aromatic heterocycles. The zero-order valence-corrected chi connectivity index (χ0v) is 16.6. The molecule has 1 aromatic rings. The van der Waals surface area contributed by atoms with Crippen molar-refractivity contribution >= 4 is 46.2 Å². The molecule has 27 heavy (non-hydrogen) atoms. The van der Waals surface area contributed by atoms with Crippen LogP contribution in [0.4, 0.5) is 0 Å². The summed E-state index contributed by atoms with van der Waals surface area (Å²) in [6.07, 6.45) is 1.77. The second kappa shape index (κ2) is 9.32. The predicted molar refractivity (Wildman–Crippen MR) is 108 cm³/mol. The van der Waals surface area contributed by atoms with Gasteiger partial charge in [0.15, 0.2) is 0 Å². The lowest BCUT2D eigenvalue weighted by atomic mass is 10.2. The third-order valence-electron chi connectivity index (χ3n) is 3.96. The van der Waals surface area contributed by atoms with Crippen molar-refractivity contribution in [3.05, 3.63) is 34.7 Å². The van der Waals surface area contributed by atoms with Crippen molar-refractivity contribution in [2.75, 3.05) is 39.5 Å². The van der Waals surface area contributed by atoms with Crippen LogP contribution in [0.5, 0.6) is 5.75 Å². The molecule has 7 nitrogen and oxygen atoms in total. The van der Waals surface area contributed by atoms with Crippen molar-refractivity contribution in [2.24, 2.45) is 0 Å². The molecule has 2 amide bonds. The van der Waals surface area contributed by atoms with Crippen molar-refractivity contribution in [1.29, 1.82) is 0 Å². The van der Waals surface area contributed by atoms with Crippen molar-refractivity contribution in [2.45, 2.75) is 6.92 Å². The third kappa shape index (κ3) is 5.29. The van der Waals surface area contributed by atoms with E-state index in [0.29, 0.717) is 42.1 Å². The molecule has 2 fully saturated rings. The fourth-order valence-corrected chi connectivity index (χ4v) is 3.90. The number of hydrogen-bond acceptors (Lipinski definition) is 7. The minimum Gasteiger partial charge on any atom is -0.494 e.